The van der Waals surface area contributed by atoms with Crippen LogP contribution < -0.4 is 11.1 Å². The Morgan fingerprint density at radius 2 is 1.87 bits per heavy atom. The van der Waals surface area contributed by atoms with Gasteiger partial charge in [-0.3, -0.25) is 10.1 Å². The second-order valence-electron chi connectivity index (χ2n) is 7.72. The van der Waals surface area contributed by atoms with Crippen LogP contribution in [0.2, 0.25) is 0 Å². The number of pyridine rings is 1. The van der Waals surface area contributed by atoms with Gasteiger partial charge in [0, 0.05) is 37.0 Å². The van der Waals surface area contributed by atoms with Crippen LogP contribution in [0.5, 0.6) is 0 Å². The highest BCUT2D eigenvalue weighted by Gasteiger charge is 2.19. The maximum absolute atomic E-state index is 11.4. The Morgan fingerprint density at radius 1 is 1.13 bits per heavy atom. The van der Waals surface area contributed by atoms with E-state index in [1.165, 1.54) is 11.6 Å². The summed E-state index contributed by atoms with van der Waals surface area (Å²) in [5.74, 6) is 1.26. The lowest BCUT2D eigenvalue weighted by molar-refractivity contribution is -0.384. The van der Waals surface area contributed by atoms with Crippen molar-refractivity contribution in [3.8, 4) is 0 Å². The van der Waals surface area contributed by atoms with Gasteiger partial charge >= 0.3 is 0 Å². The number of non-ortho nitro benzene ring substituents is 1. The van der Waals surface area contributed by atoms with Crippen LogP contribution in [0.15, 0.2) is 42.5 Å². The molecular formula is C23H26N6O2. The first-order chi connectivity index (χ1) is 15.0. The summed E-state index contributed by atoms with van der Waals surface area (Å²) in [5, 5.41) is 15.2. The molecule has 2 heterocycles. The van der Waals surface area contributed by atoms with Crippen LogP contribution in [0, 0.1) is 10.1 Å². The summed E-state index contributed by atoms with van der Waals surface area (Å²) in [4.78, 5) is 20.3. The quantitative estimate of drug-likeness (QED) is 0.328. The molecule has 2 aromatic carbocycles. The lowest BCUT2D eigenvalue weighted by Crippen LogP contribution is -2.07. The number of nitrogen functional groups attached to an aromatic ring is 1. The van der Waals surface area contributed by atoms with Crippen LogP contribution in [0.4, 0.5) is 11.5 Å². The van der Waals surface area contributed by atoms with Gasteiger partial charge in [-0.05, 0) is 30.7 Å². The minimum atomic E-state index is -0.388. The van der Waals surface area contributed by atoms with Gasteiger partial charge in [0.2, 0.25) is 0 Å². The molecule has 0 aliphatic carbocycles. The number of nitrogens with one attached hydrogen (secondary N) is 1. The number of imidazole rings is 1. The molecule has 0 bridgehead atoms. The first-order valence-corrected chi connectivity index (χ1v) is 10.5. The fraction of sp³-hybridized carbons (Fsp3) is 0.304. The average molecular weight is 419 g/mol. The third-order valence-corrected chi connectivity index (χ3v) is 5.47. The number of benzene rings is 2. The van der Waals surface area contributed by atoms with E-state index in [1.807, 2.05) is 7.05 Å². The molecule has 0 radical (unpaired) electrons. The normalized spacial score (nSPS) is 11.4. The maximum Gasteiger partial charge on any atom is 0.270 e. The lowest BCUT2D eigenvalue weighted by Gasteiger charge is -2.12. The molecule has 0 aliphatic rings. The molecule has 0 spiro atoms. The number of nitrogens with zero attached hydrogens (tertiary/aromatic N) is 4. The summed E-state index contributed by atoms with van der Waals surface area (Å²) in [7, 11) is 1.92. The van der Waals surface area contributed by atoms with E-state index in [1.54, 1.807) is 12.1 Å². The van der Waals surface area contributed by atoms with E-state index in [-0.39, 0.29) is 10.6 Å². The first-order valence-electron chi connectivity index (χ1n) is 10.5. The Morgan fingerprint density at radius 3 is 2.55 bits per heavy atom. The standard InChI is InChI=1S/C23H26N6O2/c1-3-4-5-20-27-21-22(28(20)14-16-8-6-15(7-9-16)13-25-2)18-12-17(29(30)31)10-11-19(18)26-23(21)24/h6-12,25H,3-5,13-14H2,1-2H3,(H2,24,26). The van der Waals surface area contributed by atoms with Crippen LogP contribution in [-0.2, 0) is 19.5 Å². The number of nitrogens with two attached hydrogens (primary N) is 1. The molecule has 3 N–H and O–H groups in total. The number of fused-ring (bicyclic) bond motifs is 3. The van der Waals surface area contributed by atoms with Crippen molar-refractivity contribution in [1.29, 1.82) is 0 Å². The average Bonchev–Trinajstić information content (AvgIpc) is 3.12. The molecule has 0 saturated carbocycles. The van der Waals surface area contributed by atoms with Crippen molar-refractivity contribution in [2.75, 3.05) is 12.8 Å². The Hall–Kier alpha value is -3.52. The van der Waals surface area contributed by atoms with Crippen molar-refractivity contribution >= 4 is 33.4 Å². The van der Waals surface area contributed by atoms with Crippen molar-refractivity contribution in [3.63, 3.8) is 0 Å². The van der Waals surface area contributed by atoms with Crippen molar-refractivity contribution in [2.24, 2.45) is 0 Å². The molecule has 0 fully saturated rings. The summed E-state index contributed by atoms with van der Waals surface area (Å²) in [6, 6.07) is 13.1. The minimum Gasteiger partial charge on any atom is -0.382 e. The molecule has 0 unspecified atom stereocenters. The van der Waals surface area contributed by atoms with Gasteiger partial charge in [-0.15, -0.1) is 0 Å². The highest BCUT2D eigenvalue weighted by molar-refractivity contribution is 6.07. The third-order valence-electron chi connectivity index (χ3n) is 5.47. The molecule has 4 aromatic rings. The second-order valence-corrected chi connectivity index (χ2v) is 7.72. The number of anilines is 1. The second kappa shape index (κ2) is 8.69. The first kappa shape index (κ1) is 20.7. The van der Waals surface area contributed by atoms with E-state index in [2.05, 4.69) is 46.1 Å². The van der Waals surface area contributed by atoms with Gasteiger partial charge in [-0.2, -0.15) is 0 Å². The molecule has 4 rings (SSSR count). The van der Waals surface area contributed by atoms with E-state index in [4.69, 9.17) is 10.7 Å². The molecule has 8 heteroatoms. The predicted octanol–water partition coefficient (Wildman–Crippen LogP) is 4.19. The van der Waals surface area contributed by atoms with Crippen molar-refractivity contribution in [2.45, 2.75) is 39.3 Å². The zero-order valence-electron chi connectivity index (χ0n) is 17.8. The Kier molecular flexibility index (Phi) is 5.81. The van der Waals surface area contributed by atoms with Crippen molar-refractivity contribution < 1.29 is 4.92 Å². The summed E-state index contributed by atoms with van der Waals surface area (Å²) in [5.41, 5.74) is 10.7. The fourth-order valence-corrected chi connectivity index (χ4v) is 3.90. The number of rotatable bonds is 8. The van der Waals surface area contributed by atoms with Gasteiger partial charge in [-0.25, -0.2) is 9.97 Å². The van der Waals surface area contributed by atoms with Crippen LogP contribution in [0.3, 0.4) is 0 Å². The smallest absolute Gasteiger partial charge is 0.270 e. The van der Waals surface area contributed by atoms with Gasteiger partial charge in [0.05, 0.1) is 16.0 Å². The van der Waals surface area contributed by atoms with Crippen molar-refractivity contribution in [1.82, 2.24) is 19.9 Å². The predicted molar refractivity (Wildman–Crippen MR) is 123 cm³/mol. The zero-order chi connectivity index (χ0) is 22.0. The van der Waals surface area contributed by atoms with Gasteiger partial charge in [0.15, 0.2) is 5.82 Å². The summed E-state index contributed by atoms with van der Waals surface area (Å²) in [6.07, 6.45) is 2.84. The Bertz CT molecular complexity index is 1250. The van der Waals surface area contributed by atoms with Crippen LogP contribution in [-0.4, -0.2) is 26.5 Å². The molecule has 0 amide bonds. The summed E-state index contributed by atoms with van der Waals surface area (Å²) >= 11 is 0. The van der Waals surface area contributed by atoms with Crippen LogP contribution in [0.1, 0.15) is 36.7 Å². The topological polar surface area (TPSA) is 112 Å². The highest BCUT2D eigenvalue weighted by atomic mass is 16.6. The van der Waals surface area contributed by atoms with E-state index in [0.717, 1.165) is 42.7 Å². The van der Waals surface area contributed by atoms with E-state index >= 15 is 0 Å². The van der Waals surface area contributed by atoms with E-state index < -0.39 is 0 Å². The van der Waals surface area contributed by atoms with Crippen molar-refractivity contribution in [3.05, 3.63) is 69.5 Å². The van der Waals surface area contributed by atoms with Gasteiger partial charge in [0.1, 0.15) is 11.3 Å². The van der Waals surface area contributed by atoms with Gasteiger partial charge in [-0.1, -0.05) is 37.6 Å². The molecular weight excluding hydrogens is 392 g/mol. The van der Waals surface area contributed by atoms with Gasteiger partial charge in [0.25, 0.3) is 5.69 Å². The summed E-state index contributed by atoms with van der Waals surface area (Å²) in [6.45, 7) is 3.56. The molecule has 8 nitrogen and oxygen atoms in total. The van der Waals surface area contributed by atoms with Crippen LogP contribution in [0.25, 0.3) is 21.9 Å². The molecule has 160 valence electrons. The van der Waals surface area contributed by atoms with E-state index in [0.29, 0.717) is 28.8 Å². The number of nitro groups is 1. The lowest BCUT2D eigenvalue weighted by atomic mass is 10.1. The Balaban J connectivity index is 1.91. The Labute approximate surface area is 180 Å². The molecule has 0 saturated heterocycles. The number of hydrogen-bond acceptors (Lipinski definition) is 6. The molecule has 31 heavy (non-hydrogen) atoms. The number of unbranched alkanes of at least 4 members (excludes halogenated alkanes) is 1. The minimum absolute atomic E-state index is 0.0275. The monoisotopic (exact) mass is 418 g/mol. The molecule has 0 aliphatic heterocycles. The number of nitro benzene ring substituents is 1. The largest absolute Gasteiger partial charge is 0.382 e. The highest BCUT2D eigenvalue weighted by Crippen LogP contribution is 2.32. The number of aryl methyl sites for hydroxylation is 1. The number of aromatic nitrogens is 3. The molecule has 0 atom stereocenters. The molecule has 2 aromatic heterocycles. The van der Waals surface area contributed by atoms with Gasteiger partial charge < -0.3 is 15.6 Å². The zero-order valence-corrected chi connectivity index (χ0v) is 17.8. The van der Waals surface area contributed by atoms with E-state index in [9.17, 15) is 10.1 Å². The SMILES string of the molecule is CCCCc1nc2c(N)nc3ccc([N+](=O)[O-])cc3c2n1Cc1ccc(CNC)cc1. The van der Waals surface area contributed by atoms with Crippen LogP contribution >= 0.6 is 0 Å². The summed E-state index contributed by atoms with van der Waals surface area (Å²) < 4.78 is 2.14. The maximum atomic E-state index is 11.4. The third kappa shape index (κ3) is 4.06. The number of hydrogen-bond donors (Lipinski definition) is 2. The fourth-order valence-electron chi connectivity index (χ4n) is 3.90.